The van der Waals surface area contributed by atoms with Crippen LogP contribution < -0.4 is 5.32 Å². The fourth-order valence-corrected chi connectivity index (χ4v) is 1.48. The van der Waals surface area contributed by atoms with E-state index in [4.69, 9.17) is 0 Å². The molecule has 0 spiro atoms. The monoisotopic (exact) mass is 210 g/mol. The van der Waals surface area contributed by atoms with E-state index in [1.54, 1.807) is 0 Å². The zero-order valence-electron chi connectivity index (χ0n) is 8.21. The summed E-state index contributed by atoms with van der Waals surface area (Å²) in [6.07, 6.45) is 1.97. The zero-order chi connectivity index (χ0) is 9.10. The second kappa shape index (κ2) is 5.03. The van der Waals surface area contributed by atoms with Gasteiger partial charge in [0.05, 0.1) is 0 Å². The normalized spacial score (nSPS) is 10.1. The third-order valence-corrected chi connectivity index (χ3v) is 2.20. The molecule has 0 aliphatic carbocycles. The van der Waals surface area contributed by atoms with E-state index in [2.05, 4.69) is 41.5 Å². The van der Waals surface area contributed by atoms with Gasteiger partial charge < -0.3 is 10.3 Å². The van der Waals surface area contributed by atoms with E-state index in [0.29, 0.717) is 0 Å². The average Bonchev–Trinajstić information content (AvgIpc) is 2.61. The molecule has 3 heteroatoms. The molecular weight excluding hydrogens is 196 g/mol. The maximum absolute atomic E-state index is 3.31. The first-order valence-corrected chi connectivity index (χ1v) is 4.67. The Morgan fingerprint density at radius 3 is 2.93 bits per heavy atom. The molecule has 1 aromatic heterocycles. The molecule has 0 saturated carbocycles. The molecule has 2 rings (SSSR count). The molecule has 0 radical (unpaired) electrons. The maximum Gasteiger partial charge on any atom is 0.0454 e. The number of H-pyrrole nitrogens is 1. The minimum atomic E-state index is 0. The van der Waals surface area contributed by atoms with Gasteiger partial charge in [-0.1, -0.05) is 13.0 Å². The molecule has 0 aliphatic heterocycles. The van der Waals surface area contributed by atoms with E-state index < -0.39 is 0 Å². The number of rotatable bonds is 3. The van der Waals surface area contributed by atoms with Gasteiger partial charge in [-0.3, -0.25) is 0 Å². The number of nitrogens with one attached hydrogen (secondary N) is 2. The fourth-order valence-electron chi connectivity index (χ4n) is 1.48. The lowest BCUT2D eigenvalue weighted by Crippen LogP contribution is -2.11. The molecule has 0 saturated heterocycles. The van der Waals surface area contributed by atoms with Crippen LogP contribution in [0, 0.1) is 0 Å². The van der Waals surface area contributed by atoms with E-state index >= 15 is 0 Å². The molecule has 0 atom stereocenters. The molecule has 76 valence electrons. The Hall–Kier alpha value is -0.990. The van der Waals surface area contributed by atoms with Crippen molar-refractivity contribution in [2.24, 2.45) is 0 Å². The Kier molecular flexibility index (Phi) is 3.98. The van der Waals surface area contributed by atoms with E-state index in [9.17, 15) is 0 Å². The number of hydrogen-bond acceptors (Lipinski definition) is 1. The highest BCUT2D eigenvalue weighted by Crippen LogP contribution is 2.13. The van der Waals surface area contributed by atoms with Gasteiger partial charge in [-0.15, -0.1) is 12.4 Å². The summed E-state index contributed by atoms with van der Waals surface area (Å²) in [5.74, 6) is 0. The van der Waals surface area contributed by atoms with Gasteiger partial charge in [0.25, 0.3) is 0 Å². The van der Waals surface area contributed by atoms with Gasteiger partial charge in [0, 0.05) is 18.3 Å². The Balaban J connectivity index is 0.000000980. The zero-order valence-corrected chi connectivity index (χ0v) is 9.03. The summed E-state index contributed by atoms with van der Waals surface area (Å²) in [7, 11) is 0. The van der Waals surface area contributed by atoms with Crippen molar-refractivity contribution in [2.45, 2.75) is 13.5 Å². The summed E-state index contributed by atoms with van der Waals surface area (Å²) in [6.45, 7) is 4.09. The van der Waals surface area contributed by atoms with Crippen molar-refractivity contribution in [3.05, 3.63) is 36.0 Å². The second-order valence-corrected chi connectivity index (χ2v) is 3.18. The van der Waals surface area contributed by atoms with E-state index in [0.717, 1.165) is 13.1 Å². The van der Waals surface area contributed by atoms with Crippen LogP contribution >= 0.6 is 12.4 Å². The number of aromatic amines is 1. The first-order chi connectivity index (χ1) is 6.40. The van der Waals surface area contributed by atoms with Gasteiger partial charge in [0.1, 0.15) is 0 Å². The number of benzene rings is 1. The molecule has 0 bridgehead atoms. The van der Waals surface area contributed by atoms with Gasteiger partial charge in [0.15, 0.2) is 0 Å². The van der Waals surface area contributed by atoms with Crippen molar-refractivity contribution in [2.75, 3.05) is 6.54 Å². The molecule has 2 aromatic rings. The lowest BCUT2D eigenvalue weighted by atomic mass is 10.1. The van der Waals surface area contributed by atoms with Crippen LogP contribution in [0.4, 0.5) is 0 Å². The maximum atomic E-state index is 3.31. The van der Waals surface area contributed by atoms with Crippen LogP contribution in [-0.4, -0.2) is 11.5 Å². The van der Waals surface area contributed by atoms with Crippen LogP contribution in [0.25, 0.3) is 10.9 Å². The summed E-state index contributed by atoms with van der Waals surface area (Å²) in [4.78, 5) is 3.18. The molecule has 0 amide bonds. The minimum Gasteiger partial charge on any atom is -0.361 e. The van der Waals surface area contributed by atoms with Crippen molar-refractivity contribution in [1.82, 2.24) is 10.3 Å². The third-order valence-electron chi connectivity index (χ3n) is 2.20. The van der Waals surface area contributed by atoms with Crippen LogP contribution in [0.1, 0.15) is 12.5 Å². The van der Waals surface area contributed by atoms with E-state index in [-0.39, 0.29) is 12.4 Å². The van der Waals surface area contributed by atoms with Crippen LogP contribution in [0.2, 0.25) is 0 Å². The smallest absolute Gasteiger partial charge is 0.0454 e. The minimum absolute atomic E-state index is 0. The molecule has 0 aliphatic rings. The SMILES string of the molecule is CCNCc1ccc2[nH]ccc2c1.Cl. The highest BCUT2D eigenvalue weighted by Gasteiger charge is 1.95. The first-order valence-electron chi connectivity index (χ1n) is 4.67. The lowest BCUT2D eigenvalue weighted by molar-refractivity contribution is 0.727. The molecule has 2 N–H and O–H groups in total. The highest BCUT2D eigenvalue weighted by molar-refractivity contribution is 5.85. The molecule has 1 aromatic carbocycles. The quantitative estimate of drug-likeness (QED) is 0.801. The van der Waals surface area contributed by atoms with Crippen LogP contribution in [-0.2, 0) is 6.54 Å². The van der Waals surface area contributed by atoms with Crippen molar-refractivity contribution < 1.29 is 0 Å². The van der Waals surface area contributed by atoms with Crippen LogP contribution in [0.15, 0.2) is 30.5 Å². The van der Waals surface area contributed by atoms with Crippen molar-refractivity contribution in [1.29, 1.82) is 0 Å². The summed E-state index contributed by atoms with van der Waals surface area (Å²) < 4.78 is 0. The Bertz CT molecular complexity index is 395. The number of hydrogen-bond donors (Lipinski definition) is 2. The molecule has 2 nitrogen and oxygen atoms in total. The Morgan fingerprint density at radius 2 is 2.14 bits per heavy atom. The lowest BCUT2D eigenvalue weighted by Gasteiger charge is -2.01. The van der Waals surface area contributed by atoms with Gasteiger partial charge >= 0.3 is 0 Å². The van der Waals surface area contributed by atoms with Gasteiger partial charge in [0.2, 0.25) is 0 Å². The van der Waals surface area contributed by atoms with Gasteiger partial charge in [-0.2, -0.15) is 0 Å². The molecule has 1 heterocycles. The second-order valence-electron chi connectivity index (χ2n) is 3.18. The van der Waals surface area contributed by atoms with Crippen LogP contribution in [0.5, 0.6) is 0 Å². The van der Waals surface area contributed by atoms with Crippen molar-refractivity contribution in [3.63, 3.8) is 0 Å². The Labute approximate surface area is 90.1 Å². The summed E-state index contributed by atoms with van der Waals surface area (Å²) in [6, 6.07) is 8.60. The van der Waals surface area contributed by atoms with Gasteiger partial charge in [-0.05, 0) is 35.7 Å². The molecule has 0 unspecified atom stereocenters. The number of fused-ring (bicyclic) bond motifs is 1. The summed E-state index contributed by atoms with van der Waals surface area (Å²) in [5.41, 5.74) is 2.55. The number of aromatic nitrogens is 1. The van der Waals surface area contributed by atoms with Gasteiger partial charge in [-0.25, -0.2) is 0 Å². The average molecular weight is 211 g/mol. The molecule has 14 heavy (non-hydrogen) atoms. The highest BCUT2D eigenvalue weighted by atomic mass is 35.5. The first kappa shape index (κ1) is 11.1. The standard InChI is InChI=1S/C11H14N2.ClH/c1-2-12-8-9-3-4-11-10(7-9)5-6-13-11;/h3-7,12-13H,2,8H2,1H3;1H. The Morgan fingerprint density at radius 1 is 1.29 bits per heavy atom. The summed E-state index contributed by atoms with van der Waals surface area (Å²) in [5, 5.41) is 4.60. The predicted octanol–water partition coefficient (Wildman–Crippen LogP) is 2.70. The van der Waals surface area contributed by atoms with Crippen molar-refractivity contribution >= 4 is 23.3 Å². The van der Waals surface area contributed by atoms with E-state index in [1.807, 2.05) is 6.20 Å². The number of halogens is 1. The van der Waals surface area contributed by atoms with E-state index in [1.165, 1.54) is 16.5 Å². The molecule has 0 fully saturated rings. The third kappa shape index (κ3) is 2.28. The summed E-state index contributed by atoms with van der Waals surface area (Å²) >= 11 is 0. The fraction of sp³-hybridized carbons (Fsp3) is 0.273. The topological polar surface area (TPSA) is 27.8 Å². The largest absolute Gasteiger partial charge is 0.361 e. The van der Waals surface area contributed by atoms with Crippen molar-refractivity contribution in [3.8, 4) is 0 Å². The molecular formula is C11H15ClN2. The van der Waals surface area contributed by atoms with Crippen LogP contribution in [0.3, 0.4) is 0 Å². The predicted molar refractivity (Wildman–Crippen MR) is 62.9 cm³/mol.